The summed E-state index contributed by atoms with van der Waals surface area (Å²) in [6.45, 7) is 3.91. The Morgan fingerprint density at radius 2 is 1.89 bits per heavy atom. The molecule has 2 atom stereocenters. The normalized spacial score (nSPS) is 18.0. The Morgan fingerprint density at radius 1 is 1.44 bits per heavy atom. The van der Waals surface area contributed by atoms with Gasteiger partial charge in [0.15, 0.2) is 0 Å². The molecule has 0 spiro atoms. The van der Waals surface area contributed by atoms with Gasteiger partial charge in [-0.05, 0) is 27.4 Å². The summed E-state index contributed by atoms with van der Waals surface area (Å²) >= 11 is 0. The quantitative estimate of drug-likeness (QED) is 0.609. The van der Waals surface area contributed by atoms with Crippen LogP contribution < -0.4 is 0 Å². The van der Waals surface area contributed by atoms with Crippen LogP contribution in [0.2, 0.25) is 0 Å². The number of aliphatic hydroxyl groups is 1. The van der Waals surface area contributed by atoms with Gasteiger partial charge in [-0.3, -0.25) is 0 Å². The molecule has 56 valence electrons. The zero-order valence-electron chi connectivity index (χ0n) is 6.76. The highest BCUT2D eigenvalue weighted by atomic mass is 16.3. The second-order valence-electron chi connectivity index (χ2n) is 2.68. The van der Waals surface area contributed by atoms with E-state index in [4.69, 9.17) is 5.11 Å². The fourth-order valence-corrected chi connectivity index (χ4v) is 1.14. The Kier molecular flexibility index (Phi) is 3.82. The van der Waals surface area contributed by atoms with Crippen LogP contribution in [0.15, 0.2) is 0 Å². The number of rotatable bonds is 3. The first-order valence-corrected chi connectivity index (χ1v) is 3.44. The number of hydrogen-bond acceptors (Lipinski definition) is 2. The zero-order chi connectivity index (χ0) is 7.44. The second kappa shape index (κ2) is 3.85. The molecular weight excluding hydrogens is 114 g/mol. The van der Waals surface area contributed by atoms with Crippen molar-refractivity contribution in [3.05, 3.63) is 0 Å². The molecule has 2 unspecified atom stereocenters. The molecule has 0 aromatic carbocycles. The van der Waals surface area contributed by atoms with E-state index in [-0.39, 0.29) is 6.10 Å². The third kappa shape index (κ3) is 2.82. The van der Waals surface area contributed by atoms with Crippen molar-refractivity contribution >= 4 is 0 Å². The van der Waals surface area contributed by atoms with Crippen molar-refractivity contribution in [3.63, 3.8) is 0 Å². The van der Waals surface area contributed by atoms with E-state index in [9.17, 15) is 0 Å². The Hall–Kier alpha value is -0.0800. The van der Waals surface area contributed by atoms with E-state index in [0.29, 0.717) is 6.04 Å². The molecule has 0 bridgehead atoms. The third-order valence-corrected chi connectivity index (χ3v) is 1.64. The molecule has 2 nitrogen and oxygen atoms in total. The molecule has 0 saturated heterocycles. The zero-order valence-corrected chi connectivity index (χ0v) is 6.76. The smallest absolute Gasteiger partial charge is 0.0666 e. The van der Waals surface area contributed by atoms with Crippen LogP contribution in [0, 0.1) is 0 Å². The van der Waals surface area contributed by atoms with Gasteiger partial charge in [-0.25, -0.2) is 0 Å². The fraction of sp³-hybridized carbons (Fsp3) is 1.00. The van der Waals surface area contributed by atoms with Gasteiger partial charge in [-0.2, -0.15) is 0 Å². The maximum Gasteiger partial charge on any atom is 0.0666 e. The van der Waals surface area contributed by atoms with Gasteiger partial charge in [-0.1, -0.05) is 6.92 Å². The average Bonchev–Trinajstić information content (AvgIpc) is 1.64. The molecule has 0 heterocycles. The van der Waals surface area contributed by atoms with Crippen molar-refractivity contribution < 1.29 is 5.11 Å². The molecule has 9 heavy (non-hydrogen) atoms. The van der Waals surface area contributed by atoms with Crippen molar-refractivity contribution in [1.29, 1.82) is 0 Å². The van der Waals surface area contributed by atoms with E-state index in [1.165, 1.54) is 0 Å². The van der Waals surface area contributed by atoms with Crippen molar-refractivity contribution in [2.24, 2.45) is 0 Å². The van der Waals surface area contributed by atoms with E-state index < -0.39 is 0 Å². The van der Waals surface area contributed by atoms with E-state index in [1.54, 1.807) is 0 Å². The maximum atomic E-state index is 9.14. The van der Waals surface area contributed by atoms with Crippen LogP contribution in [0.1, 0.15) is 20.3 Å². The van der Waals surface area contributed by atoms with Crippen LogP contribution in [0.4, 0.5) is 0 Å². The van der Waals surface area contributed by atoms with Crippen LogP contribution >= 0.6 is 0 Å². The van der Waals surface area contributed by atoms with Crippen LogP contribution in [0.25, 0.3) is 0 Å². The molecule has 2 heteroatoms. The molecule has 0 aliphatic heterocycles. The Morgan fingerprint density at radius 3 is 1.89 bits per heavy atom. The van der Waals surface area contributed by atoms with Crippen molar-refractivity contribution in [2.75, 3.05) is 14.1 Å². The van der Waals surface area contributed by atoms with E-state index >= 15 is 0 Å². The van der Waals surface area contributed by atoms with Crippen molar-refractivity contribution in [3.8, 4) is 0 Å². The van der Waals surface area contributed by atoms with E-state index in [1.807, 2.05) is 25.9 Å². The van der Waals surface area contributed by atoms with Crippen molar-refractivity contribution in [2.45, 2.75) is 32.4 Å². The van der Waals surface area contributed by atoms with Gasteiger partial charge in [0.1, 0.15) is 0 Å². The SMILES string of the molecule is CCC(C(C)O)N(C)C. The summed E-state index contributed by atoms with van der Waals surface area (Å²) in [5, 5.41) is 9.14. The Labute approximate surface area is 57.5 Å². The molecule has 1 N–H and O–H groups in total. The minimum atomic E-state index is -0.218. The Bertz CT molecular complexity index is 63.3. The van der Waals surface area contributed by atoms with Crippen LogP contribution in [-0.4, -0.2) is 36.2 Å². The summed E-state index contributed by atoms with van der Waals surface area (Å²) in [4.78, 5) is 2.05. The molecule has 0 aromatic rings. The Balaban J connectivity index is 3.68. The summed E-state index contributed by atoms with van der Waals surface area (Å²) in [5.41, 5.74) is 0. The number of likely N-dealkylation sites (N-methyl/N-ethyl adjacent to an activating group) is 1. The fourth-order valence-electron chi connectivity index (χ4n) is 1.14. The first kappa shape index (κ1) is 8.92. The first-order chi connectivity index (χ1) is 4.09. The summed E-state index contributed by atoms with van der Waals surface area (Å²) in [7, 11) is 3.97. The summed E-state index contributed by atoms with van der Waals surface area (Å²) in [5.74, 6) is 0. The lowest BCUT2D eigenvalue weighted by Crippen LogP contribution is -2.36. The van der Waals surface area contributed by atoms with Gasteiger partial charge in [0, 0.05) is 6.04 Å². The van der Waals surface area contributed by atoms with Crippen LogP contribution in [0.5, 0.6) is 0 Å². The molecule has 0 saturated carbocycles. The predicted octanol–water partition coefficient (Wildman–Crippen LogP) is 0.707. The number of nitrogens with zero attached hydrogens (tertiary/aromatic N) is 1. The molecule has 0 fully saturated rings. The predicted molar refractivity (Wildman–Crippen MR) is 39.4 cm³/mol. The lowest BCUT2D eigenvalue weighted by Gasteiger charge is -2.25. The second-order valence-corrected chi connectivity index (χ2v) is 2.68. The van der Waals surface area contributed by atoms with Gasteiger partial charge in [0.25, 0.3) is 0 Å². The lowest BCUT2D eigenvalue weighted by molar-refractivity contribution is 0.0882. The molecule has 0 rings (SSSR count). The largest absolute Gasteiger partial charge is 0.392 e. The molecule has 0 amide bonds. The minimum absolute atomic E-state index is 0.218. The summed E-state index contributed by atoms with van der Waals surface area (Å²) < 4.78 is 0. The monoisotopic (exact) mass is 131 g/mol. The van der Waals surface area contributed by atoms with Gasteiger partial charge in [0.05, 0.1) is 6.10 Å². The standard InChI is InChI=1S/C7H17NO/c1-5-7(6(2)9)8(3)4/h6-7,9H,5H2,1-4H3. The highest BCUT2D eigenvalue weighted by Gasteiger charge is 2.13. The summed E-state index contributed by atoms with van der Waals surface area (Å²) in [6.07, 6.45) is 0.787. The topological polar surface area (TPSA) is 23.5 Å². The van der Waals surface area contributed by atoms with Crippen LogP contribution in [-0.2, 0) is 0 Å². The van der Waals surface area contributed by atoms with Gasteiger partial charge < -0.3 is 10.0 Å². The highest BCUT2D eigenvalue weighted by molar-refractivity contribution is 4.68. The number of aliphatic hydroxyl groups excluding tert-OH is 1. The molecule has 0 aliphatic carbocycles. The summed E-state index contributed by atoms with van der Waals surface area (Å²) in [6, 6.07) is 0.310. The molecule has 0 aromatic heterocycles. The molecule has 0 aliphatic rings. The van der Waals surface area contributed by atoms with Gasteiger partial charge in [0.2, 0.25) is 0 Å². The average molecular weight is 131 g/mol. The first-order valence-electron chi connectivity index (χ1n) is 3.44. The third-order valence-electron chi connectivity index (χ3n) is 1.64. The van der Waals surface area contributed by atoms with E-state index in [0.717, 1.165) is 6.42 Å². The lowest BCUT2D eigenvalue weighted by atomic mass is 10.1. The van der Waals surface area contributed by atoms with Gasteiger partial charge >= 0.3 is 0 Å². The minimum Gasteiger partial charge on any atom is -0.392 e. The number of hydrogen-bond donors (Lipinski definition) is 1. The van der Waals surface area contributed by atoms with Gasteiger partial charge in [-0.15, -0.1) is 0 Å². The molecular formula is C7H17NO. The van der Waals surface area contributed by atoms with E-state index in [2.05, 4.69) is 6.92 Å². The van der Waals surface area contributed by atoms with Crippen molar-refractivity contribution in [1.82, 2.24) is 4.90 Å². The van der Waals surface area contributed by atoms with Crippen LogP contribution in [0.3, 0.4) is 0 Å². The molecule has 0 radical (unpaired) electrons. The maximum absolute atomic E-state index is 9.14. The highest BCUT2D eigenvalue weighted by Crippen LogP contribution is 2.03.